The highest BCUT2D eigenvalue weighted by atomic mass is 16.5. The van der Waals surface area contributed by atoms with Crippen LogP contribution in [-0.4, -0.2) is 14.1 Å². The van der Waals surface area contributed by atoms with E-state index in [1.54, 1.807) is 30.5 Å². The number of rotatable bonds is 7. The molecule has 342 valence electrons. The van der Waals surface area contributed by atoms with E-state index in [2.05, 4.69) is 11.3 Å². The Morgan fingerprint density at radius 2 is 1.14 bits per heavy atom. The largest absolute Gasteiger partial charge is 0.458 e. The van der Waals surface area contributed by atoms with Crippen LogP contribution in [0.1, 0.15) is 155 Å². The average molecular weight is 939 g/mol. The van der Waals surface area contributed by atoms with Gasteiger partial charge in [-0.25, -0.2) is 4.98 Å². The van der Waals surface area contributed by atoms with Gasteiger partial charge >= 0.3 is 0 Å². The Kier molecular flexibility index (Phi) is 4.21. The molecule has 0 amide bonds. The van der Waals surface area contributed by atoms with Crippen molar-refractivity contribution in [2.24, 2.45) is 0 Å². The standard InChI is InChI=1S/C64H60N4O/c1-61(2)32-34-63(5,6)53-37-42(26-30-51(53)61)47-20-16-21-48(43-27-31-52-54(38-43)64(7,8)35-33-62(52,3)4)60(47)67-41-66(56-23-11-12-24-57(56)67)44-17-15-18-45(39-44)69-46-28-29-50-49-19-9-10-22-55(49)68(58(50)40-46)59-25-13-14-36-65-59/h9-31,36-40H,32-35H2,1-8H3/i1D3,2D3,3D3,4D3,5D3,6D3,7D3,8D3,26D,27D,30D,31D,32D2,33D2,34D2,35D2,37D,38D. The minimum atomic E-state index is -4.84. The van der Waals surface area contributed by atoms with Gasteiger partial charge in [0.25, 0.3) is 6.33 Å². The summed E-state index contributed by atoms with van der Waals surface area (Å²) < 4.78 is 362. The Balaban J connectivity index is 1.26. The van der Waals surface area contributed by atoms with Gasteiger partial charge in [-0.2, -0.15) is 0 Å². The number of fused-ring (bicyclic) bond motifs is 6. The summed E-state index contributed by atoms with van der Waals surface area (Å²) in [4.78, 5) is 4.59. The number of benzene rings is 7. The molecule has 0 aliphatic heterocycles. The Labute approximate surface area is 460 Å². The van der Waals surface area contributed by atoms with Crippen molar-refractivity contribution in [1.29, 1.82) is 0 Å². The van der Waals surface area contributed by atoms with Crippen molar-refractivity contribution in [1.82, 2.24) is 14.1 Å². The Bertz CT molecular complexity index is 5070. The molecule has 0 bridgehead atoms. The molecule has 2 aliphatic carbocycles. The van der Waals surface area contributed by atoms with E-state index in [0.717, 1.165) is 39.1 Å². The molecular weight excluding hydrogens is 841 g/mol. The fraction of sp³-hybridized carbons (Fsp3) is 0.250. The number of imidazole rings is 1. The summed E-state index contributed by atoms with van der Waals surface area (Å²) in [6.45, 7) is -36.3. The van der Waals surface area contributed by atoms with Gasteiger partial charge in [-0.1, -0.05) is 164 Å². The zero-order valence-electron chi connectivity index (χ0n) is 73.9. The van der Waals surface area contributed by atoms with Gasteiger partial charge in [0.2, 0.25) is 0 Å². The lowest BCUT2D eigenvalue weighted by atomic mass is 9.62. The maximum Gasteiger partial charge on any atom is 0.269 e. The van der Waals surface area contributed by atoms with Gasteiger partial charge in [-0.05, 0) is 140 Å². The van der Waals surface area contributed by atoms with Gasteiger partial charge in [0.15, 0.2) is 0 Å². The van der Waals surface area contributed by atoms with Crippen molar-refractivity contribution >= 4 is 32.8 Å². The first kappa shape index (κ1) is 18.6. The molecule has 3 heterocycles. The molecule has 0 atom stereocenters. The predicted molar refractivity (Wildman–Crippen MR) is 284 cm³/mol. The van der Waals surface area contributed by atoms with E-state index in [1.807, 2.05) is 47.0 Å². The van der Waals surface area contributed by atoms with Gasteiger partial charge in [0.1, 0.15) is 17.3 Å². The first-order chi connectivity index (χ1) is 48.8. The SMILES string of the molecule is [2H]c1c([2H])c2c(c([2H])c1-c1cccc(-c3c([2H])c([2H])c4c(c3[2H])C(C([2H])([2H])[2H])(C([2H])([2H])[2H])C([2H])([2H])C([2H])([2H])C4(C([2H])([2H])[2H])C([2H])([2H])[2H])c1-[n+]1[c-]n(-c3cccc(Oc4ccc5c6ccccc6n(-c6ccccn6)c5c4)c3)c3ccccc31)C(C([2H])([2H])[2H])(C([2H])([2H])[2H])C([2H])([2H])C([2H])([2H])C2(C([2H])([2H])[2H])C([2H])([2H])[2H]. The molecule has 10 aromatic rings. The van der Waals surface area contributed by atoms with Gasteiger partial charge in [0.05, 0.1) is 41.7 Å². The molecule has 69 heavy (non-hydrogen) atoms. The number of aromatic nitrogens is 4. The molecule has 3 aromatic heterocycles. The summed E-state index contributed by atoms with van der Waals surface area (Å²) in [5, 5.41) is 1.71. The zero-order valence-corrected chi connectivity index (χ0v) is 35.9. The third-order valence-electron chi connectivity index (χ3n) is 12.2. The molecular formula is C64H60N4O. The van der Waals surface area contributed by atoms with Crippen LogP contribution in [0.25, 0.3) is 72.3 Å². The van der Waals surface area contributed by atoms with Crippen LogP contribution in [0.5, 0.6) is 11.5 Å². The molecule has 0 N–H and O–H groups in total. The van der Waals surface area contributed by atoms with E-state index in [-0.39, 0.29) is 28.2 Å². The molecule has 2 aliphatic rings. The second-order valence-electron chi connectivity index (χ2n) is 16.8. The van der Waals surface area contributed by atoms with Crippen LogP contribution >= 0.6 is 0 Å². The zero-order chi connectivity index (χ0) is 79.8. The van der Waals surface area contributed by atoms with Crippen molar-refractivity contribution in [2.75, 3.05) is 0 Å². The van der Waals surface area contributed by atoms with E-state index in [9.17, 15) is 19.2 Å². The Morgan fingerprint density at radius 1 is 0.565 bits per heavy atom. The smallest absolute Gasteiger partial charge is 0.269 e. The minimum Gasteiger partial charge on any atom is -0.458 e. The topological polar surface area (TPSA) is 35.9 Å². The van der Waals surface area contributed by atoms with Crippen molar-refractivity contribution in [2.45, 2.75) is 102 Å². The highest BCUT2D eigenvalue weighted by Gasteiger charge is 2.39. The van der Waals surface area contributed by atoms with E-state index in [0.29, 0.717) is 11.3 Å². The number of pyridine rings is 1. The summed E-state index contributed by atoms with van der Waals surface area (Å²) in [5.41, 5.74) is -30.0. The quantitative estimate of drug-likeness (QED) is 0.118. The van der Waals surface area contributed by atoms with Crippen LogP contribution in [0, 0.1) is 6.33 Å². The molecule has 0 saturated carbocycles. The molecule has 0 unspecified atom stereocenters. The second kappa shape index (κ2) is 15.6. The van der Waals surface area contributed by atoms with Crippen LogP contribution < -0.4 is 9.30 Å². The van der Waals surface area contributed by atoms with Gasteiger partial charge in [0, 0.05) is 66.9 Å². The molecule has 5 nitrogen and oxygen atoms in total. The maximum atomic E-state index is 10.3. The van der Waals surface area contributed by atoms with Crippen LogP contribution in [0.15, 0.2) is 170 Å². The normalized spacial score (nSPS) is 29.1. The van der Waals surface area contributed by atoms with Crippen molar-refractivity contribution in [3.8, 4) is 50.9 Å². The van der Waals surface area contributed by atoms with Gasteiger partial charge in [-0.3, -0.25) is 13.7 Å². The number of para-hydroxylation sites is 4. The maximum absolute atomic E-state index is 10.3. The molecule has 5 heteroatoms. The first-order valence-electron chi connectivity index (χ1n) is 40.4. The summed E-state index contributed by atoms with van der Waals surface area (Å²) in [5.74, 6) is 0.997. The van der Waals surface area contributed by atoms with Crippen LogP contribution in [0.3, 0.4) is 0 Å². The molecule has 0 saturated heterocycles. The van der Waals surface area contributed by atoms with Crippen molar-refractivity contribution in [3.05, 3.63) is 198 Å². The van der Waals surface area contributed by atoms with E-state index >= 15 is 0 Å². The molecule has 12 rings (SSSR count). The van der Waals surface area contributed by atoms with Gasteiger partial charge < -0.3 is 4.74 Å². The second-order valence-corrected chi connectivity index (χ2v) is 16.8. The highest BCUT2D eigenvalue weighted by molar-refractivity contribution is 6.09. The predicted octanol–water partition coefficient (Wildman–Crippen LogP) is 16.0. The minimum absolute atomic E-state index is 0.0538. The number of ether oxygens (including phenoxy) is 1. The first-order valence-corrected chi connectivity index (χ1v) is 21.4. The lowest BCUT2D eigenvalue weighted by Crippen LogP contribution is -2.34. The van der Waals surface area contributed by atoms with E-state index in [1.165, 1.54) is 47.0 Å². The number of nitrogens with zero attached hydrogens (tertiary/aromatic N) is 4. The number of hydrogen-bond donors (Lipinski definition) is 0. The summed E-state index contributed by atoms with van der Waals surface area (Å²) in [6, 6.07) is 22.4. The lowest BCUT2D eigenvalue weighted by molar-refractivity contribution is -0.571. The summed E-state index contributed by atoms with van der Waals surface area (Å²) in [6.07, 6.45) is -14.6. The van der Waals surface area contributed by atoms with Crippen molar-refractivity contribution < 1.29 is 61.4 Å². The van der Waals surface area contributed by atoms with Crippen molar-refractivity contribution in [3.63, 3.8) is 0 Å². The van der Waals surface area contributed by atoms with Crippen LogP contribution in [-0.2, 0) is 21.7 Å². The van der Waals surface area contributed by atoms with Crippen LogP contribution in [0.4, 0.5) is 0 Å². The Morgan fingerprint density at radius 3 is 1.80 bits per heavy atom. The Hall–Kier alpha value is -7.24. The highest BCUT2D eigenvalue weighted by Crippen LogP contribution is 2.50. The fourth-order valence-corrected chi connectivity index (χ4v) is 9.01. The van der Waals surface area contributed by atoms with Crippen LogP contribution in [0.2, 0.25) is 0 Å². The molecule has 7 aromatic carbocycles. The third kappa shape index (κ3) is 7.11. The lowest BCUT2D eigenvalue weighted by Gasteiger charge is -2.42. The molecule has 0 radical (unpaired) electrons. The fourth-order valence-electron chi connectivity index (χ4n) is 9.01. The van der Waals surface area contributed by atoms with E-state index in [4.69, 9.17) is 37.6 Å². The van der Waals surface area contributed by atoms with E-state index < -0.39 is 188 Å². The monoisotopic (exact) mass is 939 g/mol. The molecule has 0 spiro atoms. The average Bonchev–Trinajstić information content (AvgIpc) is 1.03. The summed E-state index contributed by atoms with van der Waals surface area (Å²) in [7, 11) is 0. The third-order valence-corrected chi connectivity index (χ3v) is 12.2. The molecule has 0 fully saturated rings. The number of hydrogen-bond acceptors (Lipinski definition) is 2. The summed E-state index contributed by atoms with van der Waals surface area (Å²) >= 11 is 0. The van der Waals surface area contributed by atoms with Gasteiger partial charge in [-0.15, -0.1) is 0 Å².